The van der Waals surface area contributed by atoms with Gasteiger partial charge in [0.2, 0.25) is 0 Å². The lowest BCUT2D eigenvalue weighted by Crippen LogP contribution is -2.23. The predicted molar refractivity (Wildman–Crippen MR) is 62.1 cm³/mol. The Bertz CT molecular complexity index is 380. The first kappa shape index (κ1) is 10.9. The number of hydrogen-bond donors (Lipinski definition) is 2. The molecule has 15 heavy (non-hydrogen) atoms. The Balaban J connectivity index is 2.33. The summed E-state index contributed by atoms with van der Waals surface area (Å²) < 4.78 is 0. The first-order chi connectivity index (χ1) is 7.14. The smallest absolute Gasteiger partial charge is 0.0468 e. The van der Waals surface area contributed by atoms with Crippen LogP contribution in [0.4, 0.5) is 0 Å². The van der Waals surface area contributed by atoms with Crippen LogP contribution >= 0.6 is 11.6 Å². The first-order valence-corrected chi connectivity index (χ1v) is 5.59. The van der Waals surface area contributed by atoms with Crippen LogP contribution in [0.25, 0.3) is 0 Å². The number of aliphatic hydroxyl groups is 1. The molecule has 2 atom stereocenters. The molecule has 0 radical (unpaired) electrons. The zero-order valence-electron chi connectivity index (χ0n) is 8.83. The number of halogens is 1. The van der Waals surface area contributed by atoms with Crippen LogP contribution in [0.15, 0.2) is 18.2 Å². The second kappa shape index (κ2) is 3.78. The normalized spacial score (nSPS) is 29.2. The highest BCUT2D eigenvalue weighted by Gasteiger charge is 2.53. The molecule has 2 nitrogen and oxygen atoms in total. The number of hydrogen-bond acceptors (Lipinski definition) is 2. The minimum atomic E-state index is -0.0217. The van der Waals surface area contributed by atoms with Crippen molar-refractivity contribution in [3.63, 3.8) is 0 Å². The van der Waals surface area contributed by atoms with Crippen molar-refractivity contribution in [3.8, 4) is 0 Å². The van der Waals surface area contributed by atoms with Crippen molar-refractivity contribution >= 4 is 11.6 Å². The van der Waals surface area contributed by atoms with Gasteiger partial charge in [0, 0.05) is 23.6 Å². The molecule has 1 saturated carbocycles. The van der Waals surface area contributed by atoms with Gasteiger partial charge in [0.05, 0.1) is 0 Å². The van der Waals surface area contributed by atoms with Crippen LogP contribution in [-0.2, 0) is 5.41 Å². The van der Waals surface area contributed by atoms with E-state index in [2.05, 4.69) is 6.07 Å². The molecule has 0 amide bonds. The fraction of sp³-hybridized carbons (Fsp3) is 0.500. The second-order valence-electron chi connectivity index (χ2n) is 4.41. The molecule has 82 valence electrons. The quantitative estimate of drug-likeness (QED) is 0.825. The molecule has 1 aliphatic carbocycles. The predicted octanol–water partition coefficient (Wildman–Crippen LogP) is 1.86. The van der Waals surface area contributed by atoms with Crippen molar-refractivity contribution in [2.75, 3.05) is 13.2 Å². The Kier molecular flexibility index (Phi) is 2.75. The van der Waals surface area contributed by atoms with Gasteiger partial charge >= 0.3 is 0 Å². The molecule has 0 bridgehead atoms. The summed E-state index contributed by atoms with van der Waals surface area (Å²) in [5, 5.41) is 9.95. The largest absolute Gasteiger partial charge is 0.396 e. The summed E-state index contributed by atoms with van der Waals surface area (Å²) in [6.07, 6.45) is 0.972. The van der Waals surface area contributed by atoms with E-state index in [9.17, 15) is 0 Å². The number of nitrogens with two attached hydrogens (primary N) is 1. The Hall–Kier alpha value is -0.570. The molecule has 1 aliphatic rings. The van der Waals surface area contributed by atoms with Crippen molar-refractivity contribution in [1.29, 1.82) is 0 Å². The number of aryl methyl sites for hydroxylation is 1. The SMILES string of the molecule is Cc1ccc(C2(CN)CC2CO)cc1Cl. The van der Waals surface area contributed by atoms with Crippen molar-refractivity contribution < 1.29 is 5.11 Å². The maximum Gasteiger partial charge on any atom is 0.0468 e. The highest BCUT2D eigenvalue weighted by Crippen LogP contribution is 2.53. The summed E-state index contributed by atoms with van der Waals surface area (Å²) in [7, 11) is 0. The minimum absolute atomic E-state index is 0.0217. The zero-order valence-corrected chi connectivity index (χ0v) is 9.59. The average Bonchev–Trinajstić information content (AvgIpc) is 2.97. The van der Waals surface area contributed by atoms with E-state index in [1.54, 1.807) is 0 Å². The minimum Gasteiger partial charge on any atom is -0.396 e. The topological polar surface area (TPSA) is 46.2 Å². The molecule has 0 spiro atoms. The van der Waals surface area contributed by atoms with Crippen LogP contribution in [-0.4, -0.2) is 18.3 Å². The maximum absolute atomic E-state index is 9.17. The monoisotopic (exact) mass is 225 g/mol. The highest BCUT2D eigenvalue weighted by molar-refractivity contribution is 6.31. The molecular formula is C12H16ClNO. The lowest BCUT2D eigenvalue weighted by atomic mass is 9.93. The van der Waals surface area contributed by atoms with E-state index in [0.717, 1.165) is 17.0 Å². The van der Waals surface area contributed by atoms with E-state index in [1.165, 1.54) is 5.56 Å². The third-order valence-corrected chi connectivity index (χ3v) is 3.97. The molecule has 3 heteroatoms. The van der Waals surface area contributed by atoms with E-state index >= 15 is 0 Å². The molecule has 1 fully saturated rings. The highest BCUT2D eigenvalue weighted by atomic mass is 35.5. The van der Waals surface area contributed by atoms with Gasteiger partial charge in [-0.05, 0) is 36.5 Å². The van der Waals surface area contributed by atoms with E-state index in [1.807, 2.05) is 19.1 Å². The van der Waals surface area contributed by atoms with E-state index < -0.39 is 0 Å². The van der Waals surface area contributed by atoms with Gasteiger partial charge in [-0.1, -0.05) is 23.7 Å². The molecule has 2 unspecified atom stereocenters. The van der Waals surface area contributed by atoms with Gasteiger partial charge < -0.3 is 10.8 Å². The van der Waals surface area contributed by atoms with Crippen LogP contribution in [0.5, 0.6) is 0 Å². The number of rotatable bonds is 3. The molecule has 0 saturated heterocycles. The molecular weight excluding hydrogens is 210 g/mol. The third kappa shape index (κ3) is 1.67. The summed E-state index contributed by atoms with van der Waals surface area (Å²) in [5.41, 5.74) is 8.02. The van der Waals surface area contributed by atoms with Crippen LogP contribution in [0.1, 0.15) is 17.5 Å². The summed E-state index contributed by atoms with van der Waals surface area (Å²) in [4.78, 5) is 0. The Labute approximate surface area is 95.1 Å². The summed E-state index contributed by atoms with van der Waals surface area (Å²) >= 11 is 6.09. The summed E-state index contributed by atoms with van der Waals surface area (Å²) in [6.45, 7) is 2.78. The third-order valence-electron chi connectivity index (χ3n) is 3.56. The lowest BCUT2D eigenvalue weighted by Gasteiger charge is -2.16. The standard InChI is InChI=1S/C12H16ClNO/c1-8-2-3-9(4-11(8)13)12(7-14)5-10(12)6-15/h2-4,10,15H,5-7,14H2,1H3. The van der Waals surface area contributed by atoms with Crippen LogP contribution in [0, 0.1) is 12.8 Å². The Morgan fingerprint density at radius 3 is 2.80 bits per heavy atom. The van der Waals surface area contributed by atoms with Gasteiger partial charge in [0.15, 0.2) is 0 Å². The Morgan fingerprint density at radius 1 is 1.60 bits per heavy atom. The molecule has 3 N–H and O–H groups in total. The van der Waals surface area contributed by atoms with Crippen LogP contribution in [0.2, 0.25) is 5.02 Å². The average molecular weight is 226 g/mol. The van der Waals surface area contributed by atoms with E-state index in [4.69, 9.17) is 22.4 Å². The van der Waals surface area contributed by atoms with Gasteiger partial charge in [0.1, 0.15) is 0 Å². The molecule has 1 aromatic rings. The van der Waals surface area contributed by atoms with Crippen molar-refractivity contribution in [1.82, 2.24) is 0 Å². The maximum atomic E-state index is 9.17. The van der Waals surface area contributed by atoms with E-state index in [-0.39, 0.29) is 12.0 Å². The summed E-state index contributed by atoms with van der Waals surface area (Å²) in [6, 6.07) is 6.07. The van der Waals surface area contributed by atoms with Crippen LogP contribution < -0.4 is 5.73 Å². The molecule has 0 heterocycles. The van der Waals surface area contributed by atoms with Gasteiger partial charge in [-0.2, -0.15) is 0 Å². The first-order valence-electron chi connectivity index (χ1n) is 5.21. The zero-order chi connectivity index (χ0) is 11.1. The number of aliphatic hydroxyl groups excluding tert-OH is 1. The van der Waals surface area contributed by atoms with Crippen molar-refractivity contribution in [2.24, 2.45) is 11.7 Å². The fourth-order valence-corrected chi connectivity index (χ4v) is 2.42. The summed E-state index contributed by atoms with van der Waals surface area (Å²) in [5.74, 6) is 0.307. The van der Waals surface area contributed by atoms with Gasteiger partial charge in [0.25, 0.3) is 0 Å². The molecule has 0 aromatic heterocycles. The van der Waals surface area contributed by atoms with Gasteiger partial charge in [-0.15, -0.1) is 0 Å². The number of benzene rings is 1. The molecule has 1 aromatic carbocycles. The lowest BCUT2D eigenvalue weighted by molar-refractivity contribution is 0.264. The van der Waals surface area contributed by atoms with Crippen LogP contribution in [0.3, 0.4) is 0 Å². The van der Waals surface area contributed by atoms with Crippen molar-refractivity contribution in [2.45, 2.75) is 18.8 Å². The van der Waals surface area contributed by atoms with Crippen molar-refractivity contribution in [3.05, 3.63) is 34.3 Å². The van der Waals surface area contributed by atoms with E-state index in [0.29, 0.717) is 12.5 Å². The second-order valence-corrected chi connectivity index (χ2v) is 4.82. The fourth-order valence-electron chi connectivity index (χ4n) is 2.24. The molecule has 0 aliphatic heterocycles. The Morgan fingerprint density at radius 2 is 2.33 bits per heavy atom. The van der Waals surface area contributed by atoms with Gasteiger partial charge in [-0.3, -0.25) is 0 Å². The van der Waals surface area contributed by atoms with Gasteiger partial charge in [-0.25, -0.2) is 0 Å². The molecule has 2 rings (SSSR count).